The van der Waals surface area contributed by atoms with Crippen molar-refractivity contribution in [1.82, 2.24) is 14.8 Å². The molecule has 6 heteroatoms. The van der Waals surface area contributed by atoms with Crippen LogP contribution < -0.4 is 5.73 Å². The number of β-amino-alcohol motifs (C(OH)–C–C–N with tert-alkyl or cyclic N) is 1. The van der Waals surface area contributed by atoms with Gasteiger partial charge < -0.3 is 15.7 Å². The van der Waals surface area contributed by atoms with Crippen molar-refractivity contribution in [3.63, 3.8) is 0 Å². The number of piperazine rings is 1. The van der Waals surface area contributed by atoms with Gasteiger partial charge in [0.2, 0.25) is 0 Å². The summed E-state index contributed by atoms with van der Waals surface area (Å²) in [6, 6.07) is 3.42. The molecule has 3 N–H and O–H groups in total. The molecule has 1 aromatic heterocycles. The maximum atomic E-state index is 12.4. The van der Waals surface area contributed by atoms with Crippen LogP contribution in [0.25, 0.3) is 0 Å². The third kappa shape index (κ3) is 3.68. The highest BCUT2D eigenvalue weighted by Gasteiger charge is 2.26. The van der Waals surface area contributed by atoms with Crippen LogP contribution in [0.1, 0.15) is 24.2 Å². The number of pyridine rings is 1. The zero-order chi connectivity index (χ0) is 14.8. The quantitative estimate of drug-likeness (QED) is 0.825. The van der Waals surface area contributed by atoms with E-state index in [1.54, 1.807) is 37.1 Å². The first kappa shape index (κ1) is 14.7. The first-order valence-electron chi connectivity index (χ1n) is 6.81. The van der Waals surface area contributed by atoms with Crippen molar-refractivity contribution in [2.24, 2.45) is 0 Å². The largest absolute Gasteiger partial charge is 0.389 e. The number of aliphatic hydroxyl groups is 1. The van der Waals surface area contributed by atoms with Crippen molar-refractivity contribution < 1.29 is 9.90 Å². The molecule has 0 radical (unpaired) electrons. The van der Waals surface area contributed by atoms with Gasteiger partial charge >= 0.3 is 0 Å². The second kappa shape index (κ2) is 5.76. The normalized spacial score (nSPS) is 17.2. The van der Waals surface area contributed by atoms with Gasteiger partial charge in [-0.3, -0.25) is 9.69 Å². The van der Waals surface area contributed by atoms with Crippen molar-refractivity contribution in [3.05, 3.63) is 23.9 Å². The molecule has 2 rings (SSSR count). The Kier molecular flexibility index (Phi) is 4.25. The highest BCUT2D eigenvalue weighted by molar-refractivity contribution is 5.98. The Morgan fingerprint density at radius 2 is 2.05 bits per heavy atom. The summed E-state index contributed by atoms with van der Waals surface area (Å²) in [5, 5.41) is 9.81. The number of hydrogen-bond donors (Lipinski definition) is 2. The lowest BCUT2D eigenvalue weighted by Gasteiger charge is -2.37. The molecule has 0 spiro atoms. The van der Waals surface area contributed by atoms with E-state index in [0.29, 0.717) is 25.2 Å². The number of nitrogens with two attached hydrogens (primary N) is 1. The number of hydrogen-bond acceptors (Lipinski definition) is 5. The van der Waals surface area contributed by atoms with E-state index < -0.39 is 5.60 Å². The Morgan fingerprint density at radius 3 is 2.60 bits per heavy atom. The first-order chi connectivity index (χ1) is 9.37. The molecule has 1 aliphatic heterocycles. The molecule has 1 saturated heterocycles. The number of nitrogen functional groups attached to an aromatic ring is 1. The van der Waals surface area contributed by atoms with E-state index >= 15 is 0 Å². The molecule has 0 bridgehead atoms. The average molecular weight is 278 g/mol. The van der Waals surface area contributed by atoms with Gasteiger partial charge in [-0.1, -0.05) is 0 Å². The standard InChI is InChI=1S/C14H22N4O2/c1-14(2,20)10-17-6-8-18(9-7-17)13(19)11-4-3-5-16-12(11)15/h3-5,20H,6-10H2,1-2H3,(H2,15,16). The summed E-state index contributed by atoms with van der Waals surface area (Å²) in [5.74, 6) is 0.204. The topological polar surface area (TPSA) is 82.7 Å². The van der Waals surface area contributed by atoms with E-state index in [1.807, 2.05) is 0 Å². The second-order valence-electron chi connectivity index (χ2n) is 5.82. The van der Waals surface area contributed by atoms with Gasteiger partial charge in [-0.25, -0.2) is 4.98 Å². The van der Waals surface area contributed by atoms with Crippen molar-refractivity contribution in [3.8, 4) is 0 Å². The highest BCUT2D eigenvalue weighted by atomic mass is 16.3. The third-order valence-corrected chi connectivity index (χ3v) is 3.34. The lowest BCUT2D eigenvalue weighted by Crippen LogP contribution is -2.52. The molecule has 0 atom stereocenters. The van der Waals surface area contributed by atoms with E-state index in [0.717, 1.165) is 13.1 Å². The van der Waals surface area contributed by atoms with Crippen LogP contribution in [0.5, 0.6) is 0 Å². The summed E-state index contributed by atoms with van der Waals surface area (Å²) in [6.45, 7) is 7.00. The Bertz CT molecular complexity index is 476. The van der Waals surface area contributed by atoms with Crippen LogP contribution in [0.4, 0.5) is 5.82 Å². The highest BCUT2D eigenvalue weighted by Crippen LogP contribution is 2.14. The number of rotatable bonds is 3. The summed E-state index contributed by atoms with van der Waals surface area (Å²) in [7, 11) is 0. The molecule has 1 fully saturated rings. The predicted octanol–water partition coefficient (Wildman–Crippen LogP) is 0.193. The average Bonchev–Trinajstić information content (AvgIpc) is 2.37. The van der Waals surface area contributed by atoms with Crippen LogP contribution in [0.3, 0.4) is 0 Å². The fraction of sp³-hybridized carbons (Fsp3) is 0.571. The van der Waals surface area contributed by atoms with E-state index in [1.165, 1.54) is 0 Å². The Balaban J connectivity index is 1.94. The van der Waals surface area contributed by atoms with Gasteiger partial charge in [-0.15, -0.1) is 0 Å². The zero-order valence-electron chi connectivity index (χ0n) is 12.0. The van der Waals surface area contributed by atoms with Crippen molar-refractivity contribution in [2.45, 2.75) is 19.4 Å². The molecule has 0 unspecified atom stereocenters. The molecule has 0 aromatic carbocycles. The van der Waals surface area contributed by atoms with Crippen molar-refractivity contribution in [2.75, 3.05) is 38.5 Å². The zero-order valence-corrected chi connectivity index (χ0v) is 12.0. The van der Waals surface area contributed by atoms with Gasteiger partial charge in [-0.05, 0) is 26.0 Å². The number of nitrogens with zero attached hydrogens (tertiary/aromatic N) is 3. The summed E-state index contributed by atoms with van der Waals surface area (Å²) >= 11 is 0. The van der Waals surface area contributed by atoms with Gasteiger partial charge in [0.05, 0.1) is 11.2 Å². The number of amides is 1. The minimum atomic E-state index is -0.708. The van der Waals surface area contributed by atoms with E-state index in [-0.39, 0.29) is 11.7 Å². The second-order valence-corrected chi connectivity index (χ2v) is 5.82. The molecule has 0 saturated carbocycles. The number of carbonyl (C=O) groups excluding carboxylic acids is 1. The van der Waals surface area contributed by atoms with Gasteiger partial charge in [0, 0.05) is 38.9 Å². The molecule has 1 aromatic rings. The summed E-state index contributed by atoms with van der Waals surface area (Å²) in [4.78, 5) is 20.2. The van der Waals surface area contributed by atoms with Crippen LogP contribution in [-0.2, 0) is 0 Å². The molecule has 1 amide bonds. The monoisotopic (exact) mass is 278 g/mol. The van der Waals surface area contributed by atoms with Gasteiger partial charge in [-0.2, -0.15) is 0 Å². The SMILES string of the molecule is CC(C)(O)CN1CCN(C(=O)c2cccnc2N)CC1. The van der Waals surface area contributed by atoms with Crippen LogP contribution in [0.2, 0.25) is 0 Å². The fourth-order valence-electron chi connectivity index (χ4n) is 2.42. The molecule has 110 valence electrons. The van der Waals surface area contributed by atoms with Crippen LogP contribution >= 0.6 is 0 Å². The summed E-state index contributed by atoms with van der Waals surface area (Å²) in [5.41, 5.74) is 5.49. The predicted molar refractivity (Wildman–Crippen MR) is 77.3 cm³/mol. The number of anilines is 1. The molecular formula is C14H22N4O2. The molecule has 6 nitrogen and oxygen atoms in total. The van der Waals surface area contributed by atoms with Crippen LogP contribution in [0, 0.1) is 0 Å². The van der Waals surface area contributed by atoms with Crippen LogP contribution in [0.15, 0.2) is 18.3 Å². The first-order valence-corrected chi connectivity index (χ1v) is 6.81. The fourth-order valence-corrected chi connectivity index (χ4v) is 2.42. The lowest BCUT2D eigenvalue weighted by atomic mass is 10.1. The third-order valence-electron chi connectivity index (χ3n) is 3.34. The summed E-state index contributed by atoms with van der Waals surface area (Å²) < 4.78 is 0. The Labute approximate surface area is 119 Å². The maximum absolute atomic E-state index is 12.4. The van der Waals surface area contributed by atoms with Gasteiger partial charge in [0.25, 0.3) is 5.91 Å². The smallest absolute Gasteiger partial charge is 0.257 e. The summed E-state index contributed by atoms with van der Waals surface area (Å²) in [6.07, 6.45) is 1.58. The van der Waals surface area contributed by atoms with Gasteiger partial charge in [0.15, 0.2) is 0 Å². The molecule has 20 heavy (non-hydrogen) atoms. The van der Waals surface area contributed by atoms with E-state index in [4.69, 9.17) is 5.73 Å². The molecular weight excluding hydrogens is 256 g/mol. The Hall–Kier alpha value is -1.66. The lowest BCUT2D eigenvalue weighted by molar-refractivity contribution is 0.0179. The van der Waals surface area contributed by atoms with Crippen molar-refractivity contribution in [1.29, 1.82) is 0 Å². The molecule has 2 heterocycles. The Morgan fingerprint density at radius 1 is 1.40 bits per heavy atom. The minimum Gasteiger partial charge on any atom is -0.389 e. The van der Waals surface area contributed by atoms with E-state index in [2.05, 4.69) is 9.88 Å². The maximum Gasteiger partial charge on any atom is 0.257 e. The van der Waals surface area contributed by atoms with Crippen LogP contribution in [-0.4, -0.2) is 64.1 Å². The minimum absolute atomic E-state index is 0.0708. The molecule has 0 aliphatic carbocycles. The number of aromatic nitrogens is 1. The number of carbonyl (C=O) groups is 1. The van der Waals surface area contributed by atoms with Gasteiger partial charge in [0.1, 0.15) is 5.82 Å². The van der Waals surface area contributed by atoms with Crippen molar-refractivity contribution >= 4 is 11.7 Å². The molecule has 1 aliphatic rings. The van der Waals surface area contributed by atoms with E-state index in [9.17, 15) is 9.90 Å².